The number of unbranched alkanes of at least 4 members (excludes halogenated alkanes) is 9. The van der Waals surface area contributed by atoms with Crippen molar-refractivity contribution < 1.29 is 28.8 Å². The van der Waals surface area contributed by atoms with Gasteiger partial charge in [-0.25, -0.2) is 9.97 Å². The number of pyridine rings is 2. The van der Waals surface area contributed by atoms with Gasteiger partial charge in [0.2, 0.25) is 11.8 Å². The van der Waals surface area contributed by atoms with Crippen molar-refractivity contribution in [2.24, 2.45) is 5.41 Å². The SMILES string of the molecule is CCCCCCCCCCC(COc1ccc2ccc(OCCCCN3CCN(c4cccc5sccc45)CC3)cc2n1)(COc1ccc2ccc(OCCCCN3CCN(c4cccc5sccc45)CC3)cc2n1)C(=O)O. The summed E-state index contributed by atoms with van der Waals surface area (Å²) in [6.45, 7) is 13.8. The van der Waals surface area contributed by atoms with Crippen LogP contribution in [-0.2, 0) is 4.79 Å². The standard InChI is InChI=1S/C64H78N6O6S2/c1-2-3-4-5-6-7-8-9-30-64(63(71)72,47-75-61-26-22-49-20-24-51(45-55(49)65-61)73-41-12-10-31-67-33-37-69(38-34-67)57-16-14-18-59-53(57)28-43-77-59)48-76-62-27-23-50-21-25-52(46-56(50)66-62)74-42-13-11-32-68-35-39-70(40-36-68)58-17-15-19-60-54(58)29-44-78-60/h14-29,43-46H,2-13,30-42,47-48H2,1H3,(H,71,72). The fourth-order valence-electron chi connectivity index (χ4n) is 11.1. The maximum absolute atomic E-state index is 13.4. The Bertz CT molecular complexity index is 2970. The molecule has 2 saturated heterocycles. The minimum Gasteiger partial charge on any atom is -0.494 e. The van der Waals surface area contributed by atoms with Crippen LogP contribution in [0.15, 0.2) is 120 Å². The number of hydrogen-bond donors (Lipinski definition) is 1. The molecule has 2 aliphatic rings. The predicted octanol–water partition coefficient (Wildman–Crippen LogP) is 14.2. The van der Waals surface area contributed by atoms with E-state index in [1.165, 1.54) is 57.2 Å². The molecule has 2 fully saturated rings. The third-order valence-electron chi connectivity index (χ3n) is 15.9. The molecule has 12 nitrogen and oxygen atoms in total. The summed E-state index contributed by atoms with van der Waals surface area (Å²) >= 11 is 3.62. The van der Waals surface area contributed by atoms with E-state index in [0.717, 1.165) is 150 Å². The number of nitrogens with zero attached hydrogens (tertiary/aromatic N) is 6. The van der Waals surface area contributed by atoms with Gasteiger partial charge in [0.05, 0.1) is 24.2 Å². The molecule has 0 aliphatic carbocycles. The Kier molecular flexibility index (Phi) is 19.5. The lowest BCUT2D eigenvalue weighted by molar-refractivity contribution is -0.154. The lowest BCUT2D eigenvalue weighted by atomic mass is 9.84. The quantitative estimate of drug-likeness (QED) is 0.0433. The number of ether oxygens (including phenoxy) is 4. The van der Waals surface area contributed by atoms with Crippen LogP contribution in [0.1, 0.15) is 90.4 Å². The lowest BCUT2D eigenvalue weighted by Crippen LogP contribution is -2.46. The van der Waals surface area contributed by atoms with E-state index in [-0.39, 0.29) is 13.2 Å². The Morgan fingerprint density at radius 2 is 0.987 bits per heavy atom. The Morgan fingerprint density at radius 3 is 1.46 bits per heavy atom. The van der Waals surface area contributed by atoms with E-state index in [0.29, 0.717) is 31.4 Å². The fourth-order valence-corrected chi connectivity index (χ4v) is 12.7. The zero-order chi connectivity index (χ0) is 53.4. The van der Waals surface area contributed by atoms with Crippen LogP contribution in [0, 0.1) is 5.41 Å². The van der Waals surface area contributed by atoms with Crippen molar-refractivity contribution in [2.45, 2.75) is 90.4 Å². The number of rotatable bonds is 30. The first-order chi connectivity index (χ1) is 38.4. The maximum atomic E-state index is 13.4. The molecule has 0 saturated carbocycles. The molecule has 412 valence electrons. The molecule has 1 N–H and O–H groups in total. The molecule has 14 heteroatoms. The average molecular weight is 1090 g/mol. The van der Waals surface area contributed by atoms with Gasteiger partial charge in [-0.15, -0.1) is 22.7 Å². The Balaban J connectivity index is 0.696. The molecule has 0 spiro atoms. The van der Waals surface area contributed by atoms with E-state index in [1.54, 1.807) is 0 Å². The maximum Gasteiger partial charge on any atom is 0.316 e. The highest BCUT2D eigenvalue weighted by Gasteiger charge is 2.41. The smallest absolute Gasteiger partial charge is 0.316 e. The zero-order valence-corrected chi connectivity index (χ0v) is 47.3. The molecule has 4 aromatic heterocycles. The number of hydrogen-bond acceptors (Lipinski definition) is 13. The van der Waals surface area contributed by atoms with E-state index in [9.17, 15) is 9.90 Å². The molecule has 0 bridgehead atoms. The largest absolute Gasteiger partial charge is 0.494 e. The van der Waals surface area contributed by atoms with E-state index >= 15 is 0 Å². The molecule has 6 heterocycles. The first-order valence-corrected chi connectivity index (χ1v) is 30.6. The first-order valence-electron chi connectivity index (χ1n) is 28.8. The van der Waals surface area contributed by atoms with Crippen molar-refractivity contribution in [3.63, 3.8) is 0 Å². The Labute approximate surface area is 468 Å². The second-order valence-electron chi connectivity index (χ2n) is 21.4. The highest BCUT2D eigenvalue weighted by molar-refractivity contribution is 7.17. The second kappa shape index (κ2) is 27.6. The number of carboxylic acids is 1. The number of thiophene rings is 2. The molecular formula is C64H78N6O6S2. The first kappa shape index (κ1) is 55.1. The summed E-state index contributed by atoms with van der Waals surface area (Å²) in [5.74, 6) is 1.29. The van der Waals surface area contributed by atoms with Crippen LogP contribution in [0.3, 0.4) is 0 Å². The third-order valence-corrected chi connectivity index (χ3v) is 17.6. The molecule has 0 atom stereocenters. The summed E-state index contributed by atoms with van der Waals surface area (Å²) in [5.41, 5.74) is 2.85. The molecule has 4 aromatic carbocycles. The van der Waals surface area contributed by atoms with Crippen molar-refractivity contribution in [3.8, 4) is 23.3 Å². The summed E-state index contributed by atoms with van der Waals surface area (Å²) in [5, 5.41) is 20.0. The van der Waals surface area contributed by atoms with E-state index in [1.807, 2.05) is 83.3 Å². The van der Waals surface area contributed by atoms with Gasteiger partial charge in [-0.05, 0) is 129 Å². The molecule has 0 radical (unpaired) electrons. The summed E-state index contributed by atoms with van der Waals surface area (Å²) < 4.78 is 27.9. The predicted molar refractivity (Wildman–Crippen MR) is 322 cm³/mol. The number of anilines is 2. The number of fused-ring (bicyclic) bond motifs is 4. The molecular weight excluding hydrogens is 1010 g/mol. The number of carboxylic acid groups (broad SMARTS) is 1. The van der Waals surface area contributed by atoms with Gasteiger partial charge in [-0.1, -0.05) is 70.4 Å². The van der Waals surface area contributed by atoms with Crippen LogP contribution in [0.2, 0.25) is 0 Å². The van der Waals surface area contributed by atoms with Crippen molar-refractivity contribution in [1.29, 1.82) is 0 Å². The molecule has 78 heavy (non-hydrogen) atoms. The molecule has 2 aliphatic heterocycles. The third kappa shape index (κ3) is 14.5. The van der Waals surface area contributed by atoms with Crippen LogP contribution in [0.5, 0.6) is 23.3 Å². The van der Waals surface area contributed by atoms with Gasteiger partial charge in [-0.3, -0.25) is 14.6 Å². The minimum absolute atomic E-state index is 0.0957. The summed E-state index contributed by atoms with van der Waals surface area (Å²) in [6, 6.07) is 37.2. The van der Waals surface area contributed by atoms with Crippen LogP contribution >= 0.6 is 22.7 Å². The number of aromatic nitrogens is 2. The number of benzene rings is 4. The molecule has 0 amide bonds. The number of piperazine rings is 2. The van der Waals surface area contributed by atoms with E-state index < -0.39 is 11.4 Å². The van der Waals surface area contributed by atoms with Crippen LogP contribution < -0.4 is 28.7 Å². The second-order valence-corrected chi connectivity index (χ2v) is 23.3. The lowest BCUT2D eigenvalue weighted by Gasteiger charge is -2.36. The van der Waals surface area contributed by atoms with Gasteiger partial charge >= 0.3 is 5.97 Å². The summed E-state index contributed by atoms with van der Waals surface area (Å²) in [6.07, 6.45) is 13.3. The fraction of sp³-hybridized carbons (Fsp3) is 0.453. The molecule has 0 unspecified atom stereocenters. The summed E-state index contributed by atoms with van der Waals surface area (Å²) in [7, 11) is 0. The van der Waals surface area contributed by atoms with E-state index in [2.05, 4.69) is 85.8 Å². The van der Waals surface area contributed by atoms with Gasteiger partial charge in [0, 0.05) is 119 Å². The van der Waals surface area contributed by atoms with Crippen molar-refractivity contribution in [2.75, 3.05) is 102 Å². The highest BCUT2D eigenvalue weighted by Crippen LogP contribution is 2.34. The average Bonchev–Trinajstić information content (AvgIpc) is 4.18. The summed E-state index contributed by atoms with van der Waals surface area (Å²) in [4.78, 5) is 33.3. The highest BCUT2D eigenvalue weighted by atomic mass is 32.1. The van der Waals surface area contributed by atoms with Crippen LogP contribution in [-0.4, -0.2) is 123 Å². The van der Waals surface area contributed by atoms with Crippen molar-refractivity contribution >= 4 is 82.0 Å². The van der Waals surface area contributed by atoms with Gasteiger partial charge in [0.25, 0.3) is 0 Å². The monoisotopic (exact) mass is 1090 g/mol. The number of carbonyl (C=O) groups is 1. The van der Waals surface area contributed by atoms with Crippen molar-refractivity contribution in [1.82, 2.24) is 19.8 Å². The number of aliphatic carboxylic acids is 1. The molecule has 8 aromatic rings. The minimum atomic E-state index is -1.33. The Hall–Kier alpha value is -6.19. The van der Waals surface area contributed by atoms with Crippen molar-refractivity contribution in [3.05, 3.63) is 120 Å². The Morgan fingerprint density at radius 1 is 0.526 bits per heavy atom. The van der Waals surface area contributed by atoms with Gasteiger partial charge < -0.3 is 33.9 Å². The van der Waals surface area contributed by atoms with E-state index in [4.69, 9.17) is 28.9 Å². The van der Waals surface area contributed by atoms with Gasteiger partial charge in [-0.2, -0.15) is 0 Å². The normalized spacial score (nSPS) is 14.7. The van der Waals surface area contributed by atoms with Crippen LogP contribution in [0.4, 0.5) is 11.4 Å². The van der Waals surface area contributed by atoms with Gasteiger partial charge in [0.15, 0.2) is 0 Å². The van der Waals surface area contributed by atoms with Crippen LogP contribution in [0.25, 0.3) is 42.0 Å². The topological polar surface area (TPSA) is 113 Å². The zero-order valence-electron chi connectivity index (χ0n) is 45.6. The van der Waals surface area contributed by atoms with Gasteiger partial charge in [0.1, 0.15) is 30.1 Å². The molecule has 10 rings (SSSR count).